The molecule has 0 bridgehead atoms. The van der Waals surface area contributed by atoms with Crippen molar-refractivity contribution in [1.29, 1.82) is 0 Å². The smallest absolute Gasteiger partial charge is 0.120 e. The molecule has 1 aliphatic heterocycles. The number of aliphatic hydroxyl groups excluding tert-OH is 1. The van der Waals surface area contributed by atoms with Crippen LogP contribution < -0.4 is 0 Å². The van der Waals surface area contributed by atoms with Crippen LogP contribution >= 0.6 is 0 Å². The fraction of sp³-hybridized carbons (Fsp3) is 0.538. The third-order valence-electron chi connectivity index (χ3n) is 3.68. The molecule has 1 aliphatic carbocycles. The highest BCUT2D eigenvalue weighted by Crippen LogP contribution is 2.43. The van der Waals surface area contributed by atoms with Gasteiger partial charge in [0.1, 0.15) is 5.75 Å². The molecule has 1 heterocycles. The van der Waals surface area contributed by atoms with Gasteiger partial charge in [-0.3, -0.25) is 4.90 Å². The van der Waals surface area contributed by atoms with Crippen LogP contribution in [0.1, 0.15) is 30.9 Å². The van der Waals surface area contributed by atoms with E-state index in [9.17, 15) is 10.2 Å². The Kier molecular flexibility index (Phi) is 2.37. The van der Waals surface area contributed by atoms with Crippen molar-refractivity contribution in [3.8, 4) is 5.75 Å². The van der Waals surface area contributed by atoms with Gasteiger partial charge in [-0.2, -0.15) is 0 Å². The summed E-state index contributed by atoms with van der Waals surface area (Å²) in [6, 6.07) is 7.98. The predicted molar refractivity (Wildman–Crippen MR) is 61.2 cm³/mol. The molecule has 3 rings (SSSR count). The van der Waals surface area contributed by atoms with Crippen molar-refractivity contribution in [1.82, 2.24) is 4.90 Å². The maximum Gasteiger partial charge on any atom is 0.120 e. The molecule has 1 aromatic carbocycles. The number of aromatic hydroxyl groups is 1. The molecule has 0 aromatic heterocycles. The van der Waals surface area contributed by atoms with Crippen LogP contribution in [0.3, 0.4) is 0 Å². The fourth-order valence-electron chi connectivity index (χ4n) is 2.74. The lowest BCUT2D eigenvalue weighted by molar-refractivity contribution is 0.111. The summed E-state index contributed by atoms with van der Waals surface area (Å²) in [5, 5.41) is 19.9. The number of phenolic OH excluding ortho intramolecular Hbond substituents is 1. The van der Waals surface area contributed by atoms with E-state index in [0.717, 1.165) is 18.5 Å². The van der Waals surface area contributed by atoms with E-state index in [2.05, 4.69) is 4.90 Å². The number of hydrogen-bond acceptors (Lipinski definition) is 3. The SMILES string of the molecule is Oc1ccccc1C1C(O)CCN1C1CC1. The molecule has 2 atom stereocenters. The first-order valence-electron chi connectivity index (χ1n) is 5.99. The first-order chi connectivity index (χ1) is 7.77. The average Bonchev–Trinajstić information content (AvgIpc) is 3.04. The largest absolute Gasteiger partial charge is 0.508 e. The zero-order valence-corrected chi connectivity index (χ0v) is 9.21. The second kappa shape index (κ2) is 3.75. The van der Waals surface area contributed by atoms with Gasteiger partial charge in [0, 0.05) is 18.2 Å². The molecule has 0 amide bonds. The molecule has 2 unspecified atom stereocenters. The number of phenols is 1. The van der Waals surface area contributed by atoms with Crippen LogP contribution in [-0.4, -0.2) is 33.8 Å². The molecule has 1 aromatic rings. The third kappa shape index (κ3) is 1.60. The highest BCUT2D eigenvalue weighted by atomic mass is 16.3. The number of rotatable bonds is 2. The molecular formula is C13H17NO2. The van der Waals surface area contributed by atoms with Gasteiger partial charge >= 0.3 is 0 Å². The number of aliphatic hydroxyl groups is 1. The van der Waals surface area contributed by atoms with Crippen LogP contribution in [0.15, 0.2) is 24.3 Å². The summed E-state index contributed by atoms with van der Waals surface area (Å²) >= 11 is 0. The van der Waals surface area contributed by atoms with E-state index in [1.54, 1.807) is 6.07 Å². The summed E-state index contributed by atoms with van der Waals surface area (Å²) in [5.41, 5.74) is 0.874. The minimum atomic E-state index is -0.339. The molecular weight excluding hydrogens is 202 g/mol. The van der Waals surface area contributed by atoms with Gasteiger partial charge in [0.2, 0.25) is 0 Å². The number of para-hydroxylation sites is 1. The van der Waals surface area contributed by atoms with Gasteiger partial charge in [0.25, 0.3) is 0 Å². The molecule has 2 N–H and O–H groups in total. The van der Waals surface area contributed by atoms with Crippen molar-refractivity contribution in [3.63, 3.8) is 0 Å². The van der Waals surface area contributed by atoms with E-state index in [1.165, 1.54) is 12.8 Å². The lowest BCUT2D eigenvalue weighted by Crippen LogP contribution is -2.29. The van der Waals surface area contributed by atoms with E-state index in [-0.39, 0.29) is 12.1 Å². The molecule has 1 saturated heterocycles. The van der Waals surface area contributed by atoms with E-state index in [4.69, 9.17) is 0 Å². The second-order valence-electron chi connectivity index (χ2n) is 4.83. The van der Waals surface area contributed by atoms with Crippen LogP contribution in [0.2, 0.25) is 0 Å². The fourth-order valence-corrected chi connectivity index (χ4v) is 2.74. The minimum Gasteiger partial charge on any atom is -0.508 e. The molecule has 3 heteroatoms. The first kappa shape index (κ1) is 10.1. The highest BCUT2D eigenvalue weighted by Gasteiger charge is 2.42. The molecule has 3 nitrogen and oxygen atoms in total. The highest BCUT2D eigenvalue weighted by molar-refractivity contribution is 5.36. The number of nitrogens with zero attached hydrogens (tertiary/aromatic N) is 1. The van der Waals surface area contributed by atoms with Crippen LogP contribution in [0.25, 0.3) is 0 Å². The predicted octanol–water partition coefficient (Wildman–Crippen LogP) is 1.66. The molecule has 2 aliphatic rings. The molecule has 0 spiro atoms. The van der Waals surface area contributed by atoms with E-state index < -0.39 is 0 Å². The van der Waals surface area contributed by atoms with Crippen molar-refractivity contribution < 1.29 is 10.2 Å². The van der Waals surface area contributed by atoms with Crippen molar-refractivity contribution >= 4 is 0 Å². The van der Waals surface area contributed by atoms with Crippen LogP contribution in [0, 0.1) is 0 Å². The van der Waals surface area contributed by atoms with Gasteiger partial charge in [-0.1, -0.05) is 18.2 Å². The Morgan fingerprint density at radius 2 is 1.88 bits per heavy atom. The third-order valence-corrected chi connectivity index (χ3v) is 3.68. The van der Waals surface area contributed by atoms with Crippen molar-refractivity contribution in [2.24, 2.45) is 0 Å². The first-order valence-corrected chi connectivity index (χ1v) is 5.99. The number of hydrogen-bond donors (Lipinski definition) is 2. The van der Waals surface area contributed by atoms with E-state index >= 15 is 0 Å². The average molecular weight is 219 g/mol. The summed E-state index contributed by atoms with van der Waals surface area (Å²) in [6.45, 7) is 0.949. The topological polar surface area (TPSA) is 43.7 Å². The normalized spacial score (nSPS) is 30.8. The Hall–Kier alpha value is -1.06. The standard InChI is InChI=1S/C13H17NO2/c15-11-4-2-1-3-10(11)13-12(16)7-8-14(13)9-5-6-9/h1-4,9,12-13,15-16H,5-8H2. The molecule has 2 fully saturated rings. The summed E-state index contributed by atoms with van der Waals surface area (Å²) in [6.07, 6.45) is 2.94. The molecule has 16 heavy (non-hydrogen) atoms. The van der Waals surface area contributed by atoms with Crippen molar-refractivity contribution in [3.05, 3.63) is 29.8 Å². The zero-order chi connectivity index (χ0) is 11.1. The molecule has 1 saturated carbocycles. The van der Waals surface area contributed by atoms with Crippen molar-refractivity contribution in [2.45, 2.75) is 37.5 Å². The number of likely N-dealkylation sites (tertiary alicyclic amines) is 1. The monoisotopic (exact) mass is 219 g/mol. The Bertz CT molecular complexity index is 389. The van der Waals surface area contributed by atoms with Crippen molar-refractivity contribution in [2.75, 3.05) is 6.54 Å². The van der Waals surface area contributed by atoms with Gasteiger partial charge in [0.15, 0.2) is 0 Å². The van der Waals surface area contributed by atoms with E-state index in [0.29, 0.717) is 11.8 Å². The lowest BCUT2D eigenvalue weighted by atomic mass is 10.0. The molecule has 0 radical (unpaired) electrons. The minimum absolute atomic E-state index is 0.00583. The Morgan fingerprint density at radius 1 is 1.12 bits per heavy atom. The molecule has 86 valence electrons. The van der Waals surface area contributed by atoms with Gasteiger partial charge in [-0.05, 0) is 25.3 Å². The van der Waals surface area contributed by atoms with Gasteiger partial charge in [0.05, 0.1) is 12.1 Å². The quantitative estimate of drug-likeness (QED) is 0.795. The lowest BCUT2D eigenvalue weighted by Gasteiger charge is -2.26. The van der Waals surface area contributed by atoms with Crippen LogP contribution in [0.5, 0.6) is 5.75 Å². The maximum atomic E-state index is 10.1. The summed E-state index contributed by atoms with van der Waals surface area (Å²) in [5.74, 6) is 0.305. The van der Waals surface area contributed by atoms with Gasteiger partial charge in [-0.25, -0.2) is 0 Å². The number of benzene rings is 1. The summed E-state index contributed by atoms with van der Waals surface area (Å²) in [7, 11) is 0. The van der Waals surface area contributed by atoms with E-state index in [1.807, 2.05) is 18.2 Å². The van der Waals surface area contributed by atoms with Crippen LogP contribution in [-0.2, 0) is 0 Å². The van der Waals surface area contributed by atoms with Gasteiger partial charge < -0.3 is 10.2 Å². The maximum absolute atomic E-state index is 10.1. The second-order valence-corrected chi connectivity index (χ2v) is 4.83. The Morgan fingerprint density at radius 3 is 2.56 bits per heavy atom. The summed E-state index contributed by atoms with van der Waals surface area (Å²) < 4.78 is 0. The Balaban J connectivity index is 1.93. The summed E-state index contributed by atoms with van der Waals surface area (Å²) in [4.78, 5) is 2.35. The van der Waals surface area contributed by atoms with Crippen LogP contribution in [0.4, 0.5) is 0 Å². The zero-order valence-electron chi connectivity index (χ0n) is 9.21. The Labute approximate surface area is 95.3 Å². The van der Waals surface area contributed by atoms with Gasteiger partial charge in [-0.15, -0.1) is 0 Å².